The number of hydrogen-bond donors (Lipinski definition) is 1. The van der Waals surface area contributed by atoms with Crippen LogP contribution in [0.5, 0.6) is 0 Å². The lowest BCUT2D eigenvalue weighted by Crippen LogP contribution is -2.31. The fourth-order valence-corrected chi connectivity index (χ4v) is 3.63. The van der Waals surface area contributed by atoms with Crippen LogP contribution in [-0.2, 0) is 6.54 Å². The summed E-state index contributed by atoms with van der Waals surface area (Å²) in [6.45, 7) is 4.35. The van der Waals surface area contributed by atoms with Crippen LogP contribution in [0.3, 0.4) is 0 Å². The van der Waals surface area contributed by atoms with Crippen LogP contribution in [0.1, 0.15) is 50.2 Å². The summed E-state index contributed by atoms with van der Waals surface area (Å²) in [5.41, 5.74) is 2.47. The Morgan fingerprint density at radius 2 is 1.79 bits per heavy atom. The van der Waals surface area contributed by atoms with Crippen molar-refractivity contribution in [1.29, 1.82) is 5.41 Å². The molecule has 0 radical (unpaired) electrons. The van der Waals surface area contributed by atoms with Crippen molar-refractivity contribution in [2.24, 2.45) is 11.8 Å². The average molecular weight is 256 g/mol. The van der Waals surface area contributed by atoms with Crippen LogP contribution in [-0.4, -0.2) is 17.3 Å². The number of hydrogen-bond acceptors (Lipinski definition) is 1. The van der Waals surface area contributed by atoms with Crippen LogP contribution in [0, 0.1) is 17.2 Å². The molecule has 2 nitrogen and oxygen atoms in total. The van der Waals surface area contributed by atoms with Gasteiger partial charge in [0.2, 0.25) is 0 Å². The summed E-state index contributed by atoms with van der Waals surface area (Å²) in [7, 11) is 0. The van der Waals surface area contributed by atoms with Crippen molar-refractivity contribution in [1.82, 2.24) is 4.90 Å². The molecule has 2 aliphatic rings. The maximum atomic E-state index is 8.31. The molecule has 1 saturated carbocycles. The second kappa shape index (κ2) is 5.36. The molecule has 1 aliphatic heterocycles. The zero-order chi connectivity index (χ0) is 13.2. The van der Waals surface area contributed by atoms with Crippen LogP contribution >= 0.6 is 0 Å². The van der Waals surface area contributed by atoms with E-state index in [1.54, 1.807) is 0 Å². The zero-order valence-electron chi connectivity index (χ0n) is 11.9. The first-order valence-corrected chi connectivity index (χ1v) is 7.69. The van der Waals surface area contributed by atoms with Gasteiger partial charge < -0.3 is 4.90 Å². The Morgan fingerprint density at radius 3 is 2.47 bits per heavy atom. The van der Waals surface area contributed by atoms with E-state index in [1.807, 2.05) is 6.07 Å². The quantitative estimate of drug-likeness (QED) is 0.868. The Hall–Kier alpha value is -1.31. The van der Waals surface area contributed by atoms with Crippen molar-refractivity contribution >= 4 is 5.84 Å². The Balaban J connectivity index is 1.60. The van der Waals surface area contributed by atoms with E-state index in [2.05, 4.69) is 30.0 Å². The Labute approximate surface area is 116 Å². The molecule has 0 spiro atoms. The van der Waals surface area contributed by atoms with E-state index >= 15 is 0 Å². The van der Waals surface area contributed by atoms with Gasteiger partial charge in [0.25, 0.3) is 0 Å². The number of nitrogens with zero attached hydrogens (tertiary/aromatic N) is 1. The van der Waals surface area contributed by atoms with Gasteiger partial charge in [-0.2, -0.15) is 0 Å². The van der Waals surface area contributed by atoms with Gasteiger partial charge in [-0.15, -0.1) is 0 Å². The summed E-state index contributed by atoms with van der Waals surface area (Å²) < 4.78 is 0. The maximum absolute atomic E-state index is 8.31. The molecule has 2 heteroatoms. The van der Waals surface area contributed by atoms with Crippen LogP contribution in [0.2, 0.25) is 0 Å². The monoisotopic (exact) mass is 256 g/mol. The summed E-state index contributed by atoms with van der Waals surface area (Å²) in [4.78, 5) is 2.28. The number of amidine groups is 1. The van der Waals surface area contributed by atoms with Crippen molar-refractivity contribution in [2.45, 2.75) is 45.6 Å². The highest BCUT2D eigenvalue weighted by Crippen LogP contribution is 2.32. The molecular weight excluding hydrogens is 232 g/mol. The second-order valence-electron chi connectivity index (χ2n) is 6.18. The van der Waals surface area contributed by atoms with E-state index in [0.29, 0.717) is 0 Å². The van der Waals surface area contributed by atoms with Crippen molar-refractivity contribution in [3.63, 3.8) is 0 Å². The first-order chi connectivity index (χ1) is 9.28. The first-order valence-electron chi connectivity index (χ1n) is 7.69. The Bertz CT molecular complexity index is 458. The topological polar surface area (TPSA) is 27.1 Å². The third-order valence-electron chi connectivity index (χ3n) is 4.97. The van der Waals surface area contributed by atoms with E-state index in [-0.39, 0.29) is 0 Å². The number of benzene rings is 1. The Kier molecular flexibility index (Phi) is 3.58. The lowest BCUT2D eigenvalue weighted by atomic mass is 9.80. The van der Waals surface area contributed by atoms with E-state index < -0.39 is 0 Å². The predicted molar refractivity (Wildman–Crippen MR) is 79.4 cm³/mol. The fourth-order valence-electron chi connectivity index (χ4n) is 3.63. The molecule has 3 rings (SSSR count). The van der Waals surface area contributed by atoms with Crippen molar-refractivity contribution in [3.8, 4) is 0 Å². The van der Waals surface area contributed by atoms with Gasteiger partial charge in [0.05, 0.1) is 0 Å². The minimum absolute atomic E-state index is 0.744. The van der Waals surface area contributed by atoms with Crippen molar-refractivity contribution in [2.75, 3.05) is 6.54 Å². The molecule has 0 bridgehead atoms. The van der Waals surface area contributed by atoms with Crippen molar-refractivity contribution < 1.29 is 0 Å². The molecule has 0 saturated heterocycles. The molecule has 0 atom stereocenters. The van der Waals surface area contributed by atoms with Crippen LogP contribution in [0.4, 0.5) is 0 Å². The molecular formula is C17H24N2. The van der Waals surface area contributed by atoms with Gasteiger partial charge in [-0.25, -0.2) is 0 Å². The van der Waals surface area contributed by atoms with Crippen LogP contribution < -0.4 is 0 Å². The Morgan fingerprint density at radius 1 is 1.11 bits per heavy atom. The molecule has 1 heterocycles. The number of rotatable bonds is 3. The molecule has 1 aromatic carbocycles. The van der Waals surface area contributed by atoms with E-state index in [4.69, 9.17) is 5.41 Å². The molecule has 0 aromatic heterocycles. The number of nitrogens with one attached hydrogen (secondary N) is 1. The minimum atomic E-state index is 0.744. The summed E-state index contributed by atoms with van der Waals surface area (Å²) in [5.74, 6) is 2.51. The van der Waals surface area contributed by atoms with Crippen LogP contribution in [0.15, 0.2) is 24.3 Å². The second-order valence-corrected chi connectivity index (χ2v) is 6.18. The largest absolute Gasteiger partial charge is 0.352 e. The van der Waals surface area contributed by atoms with Crippen LogP contribution in [0.25, 0.3) is 0 Å². The summed E-state index contributed by atoms with van der Waals surface area (Å²) in [5, 5.41) is 8.31. The third kappa shape index (κ3) is 2.54. The SMILES string of the molecule is CCC1CCC(CN2Cc3ccccc3C2=N)CC1. The van der Waals surface area contributed by atoms with Gasteiger partial charge in [0.15, 0.2) is 0 Å². The van der Waals surface area contributed by atoms with Gasteiger partial charge >= 0.3 is 0 Å². The minimum Gasteiger partial charge on any atom is -0.352 e. The van der Waals surface area contributed by atoms with Gasteiger partial charge in [-0.05, 0) is 30.2 Å². The standard InChI is InChI=1S/C17H24N2/c1-2-13-7-9-14(10-8-13)11-19-12-15-5-3-4-6-16(15)17(19)18/h3-6,13-14,18H,2,7-12H2,1H3. The fraction of sp³-hybridized carbons (Fsp3) is 0.588. The predicted octanol–water partition coefficient (Wildman–Crippen LogP) is 4.04. The molecule has 1 aliphatic carbocycles. The first kappa shape index (κ1) is 12.7. The van der Waals surface area contributed by atoms with Gasteiger partial charge in [0, 0.05) is 18.7 Å². The molecule has 19 heavy (non-hydrogen) atoms. The average Bonchev–Trinajstić information content (AvgIpc) is 2.77. The number of fused-ring (bicyclic) bond motifs is 1. The van der Waals surface area contributed by atoms with E-state index in [0.717, 1.165) is 36.3 Å². The molecule has 102 valence electrons. The van der Waals surface area contributed by atoms with E-state index in [9.17, 15) is 0 Å². The highest BCUT2D eigenvalue weighted by atomic mass is 15.2. The summed E-state index contributed by atoms with van der Waals surface area (Å²) >= 11 is 0. The lowest BCUT2D eigenvalue weighted by Gasteiger charge is -2.31. The lowest BCUT2D eigenvalue weighted by molar-refractivity contribution is 0.226. The molecule has 1 aromatic rings. The third-order valence-corrected chi connectivity index (χ3v) is 4.97. The zero-order valence-corrected chi connectivity index (χ0v) is 11.9. The normalized spacial score (nSPS) is 26.6. The molecule has 0 amide bonds. The van der Waals surface area contributed by atoms with Gasteiger partial charge in [-0.3, -0.25) is 5.41 Å². The summed E-state index contributed by atoms with van der Waals surface area (Å²) in [6, 6.07) is 8.38. The van der Waals surface area contributed by atoms with E-state index in [1.165, 1.54) is 37.7 Å². The van der Waals surface area contributed by atoms with Gasteiger partial charge in [0.1, 0.15) is 5.84 Å². The highest BCUT2D eigenvalue weighted by Gasteiger charge is 2.27. The summed E-state index contributed by atoms with van der Waals surface area (Å²) in [6.07, 6.45) is 6.86. The molecule has 0 unspecified atom stereocenters. The maximum Gasteiger partial charge on any atom is 0.128 e. The molecule has 1 N–H and O–H groups in total. The molecule has 1 fully saturated rings. The smallest absolute Gasteiger partial charge is 0.128 e. The highest BCUT2D eigenvalue weighted by molar-refractivity contribution is 6.00. The van der Waals surface area contributed by atoms with Crippen molar-refractivity contribution in [3.05, 3.63) is 35.4 Å². The van der Waals surface area contributed by atoms with Gasteiger partial charge in [-0.1, -0.05) is 50.5 Å².